The standard InChI is InChI=1S/C15H20N4O2/c1-10(2)7-14(20)16-5-6-17-15(21)11-3-4-12-13(8-11)19-9-18-12/h3-4,8-10H,5-7H2,1-2H3,(H,16,20)(H,17,21)(H,18,19). The van der Waals surface area contributed by atoms with E-state index >= 15 is 0 Å². The molecule has 2 amide bonds. The maximum Gasteiger partial charge on any atom is 0.251 e. The highest BCUT2D eigenvalue weighted by molar-refractivity contribution is 5.97. The molecule has 1 heterocycles. The van der Waals surface area contributed by atoms with Gasteiger partial charge in [-0.15, -0.1) is 0 Å². The molecule has 112 valence electrons. The molecule has 3 N–H and O–H groups in total. The van der Waals surface area contributed by atoms with Gasteiger partial charge in [0.2, 0.25) is 5.91 Å². The maximum absolute atomic E-state index is 12.0. The molecule has 0 saturated carbocycles. The smallest absolute Gasteiger partial charge is 0.251 e. The molecule has 0 saturated heterocycles. The van der Waals surface area contributed by atoms with Gasteiger partial charge in [-0.2, -0.15) is 0 Å². The molecule has 1 aromatic carbocycles. The van der Waals surface area contributed by atoms with Crippen LogP contribution in [0.1, 0.15) is 30.6 Å². The van der Waals surface area contributed by atoms with Gasteiger partial charge in [0.25, 0.3) is 5.91 Å². The van der Waals surface area contributed by atoms with Crippen LogP contribution in [0, 0.1) is 5.92 Å². The van der Waals surface area contributed by atoms with E-state index in [2.05, 4.69) is 20.6 Å². The van der Waals surface area contributed by atoms with Crippen molar-refractivity contribution in [3.63, 3.8) is 0 Å². The number of aromatic amines is 1. The van der Waals surface area contributed by atoms with Crippen LogP contribution in [0.25, 0.3) is 11.0 Å². The van der Waals surface area contributed by atoms with Crippen LogP contribution in [0.2, 0.25) is 0 Å². The fraction of sp³-hybridized carbons (Fsp3) is 0.400. The molecule has 6 heteroatoms. The second-order valence-corrected chi connectivity index (χ2v) is 5.34. The summed E-state index contributed by atoms with van der Waals surface area (Å²) in [5.74, 6) is 0.184. The Morgan fingerprint density at radius 2 is 2.00 bits per heavy atom. The molecule has 0 atom stereocenters. The van der Waals surface area contributed by atoms with Crippen molar-refractivity contribution in [3.8, 4) is 0 Å². The highest BCUT2D eigenvalue weighted by Crippen LogP contribution is 2.11. The molecule has 0 aliphatic carbocycles. The van der Waals surface area contributed by atoms with Gasteiger partial charge in [-0.25, -0.2) is 4.98 Å². The van der Waals surface area contributed by atoms with Crippen LogP contribution >= 0.6 is 0 Å². The Morgan fingerprint density at radius 1 is 1.24 bits per heavy atom. The van der Waals surface area contributed by atoms with Gasteiger partial charge < -0.3 is 15.6 Å². The van der Waals surface area contributed by atoms with Gasteiger partial charge in [-0.1, -0.05) is 13.8 Å². The Bertz CT molecular complexity index is 633. The van der Waals surface area contributed by atoms with Gasteiger partial charge in [0, 0.05) is 25.1 Å². The van der Waals surface area contributed by atoms with Crippen molar-refractivity contribution in [2.24, 2.45) is 5.92 Å². The van der Waals surface area contributed by atoms with Crippen LogP contribution in [0.3, 0.4) is 0 Å². The average Bonchev–Trinajstić information content (AvgIpc) is 2.89. The summed E-state index contributed by atoms with van der Waals surface area (Å²) in [6, 6.07) is 5.29. The summed E-state index contributed by atoms with van der Waals surface area (Å²) in [7, 11) is 0. The van der Waals surface area contributed by atoms with Crippen molar-refractivity contribution in [1.82, 2.24) is 20.6 Å². The van der Waals surface area contributed by atoms with E-state index in [1.54, 1.807) is 24.5 Å². The molecule has 0 unspecified atom stereocenters. The van der Waals surface area contributed by atoms with Crippen LogP contribution < -0.4 is 10.6 Å². The normalized spacial score (nSPS) is 10.8. The highest BCUT2D eigenvalue weighted by Gasteiger charge is 2.07. The average molecular weight is 288 g/mol. The minimum atomic E-state index is -0.162. The Labute approximate surface area is 123 Å². The summed E-state index contributed by atoms with van der Waals surface area (Å²) < 4.78 is 0. The summed E-state index contributed by atoms with van der Waals surface area (Å²) in [6.07, 6.45) is 2.10. The summed E-state index contributed by atoms with van der Waals surface area (Å²) in [4.78, 5) is 30.5. The number of nitrogens with zero attached hydrogens (tertiary/aromatic N) is 1. The number of carbonyl (C=O) groups excluding carboxylic acids is 2. The third-order valence-corrected chi connectivity index (χ3v) is 3.01. The summed E-state index contributed by atoms with van der Waals surface area (Å²) in [6.45, 7) is 4.83. The van der Waals surface area contributed by atoms with Gasteiger partial charge in [-0.05, 0) is 24.1 Å². The van der Waals surface area contributed by atoms with Crippen molar-refractivity contribution in [2.75, 3.05) is 13.1 Å². The molecule has 21 heavy (non-hydrogen) atoms. The molecule has 0 aliphatic heterocycles. The zero-order valence-corrected chi connectivity index (χ0v) is 12.3. The zero-order valence-electron chi connectivity index (χ0n) is 12.3. The van der Waals surface area contributed by atoms with Crippen molar-refractivity contribution in [2.45, 2.75) is 20.3 Å². The lowest BCUT2D eigenvalue weighted by molar-refractivity contribution is -0.121. The van der Waals surface area contributed by atoms with E-state index in [0.29, 0.717) is 31.0 Å². The number of imidazole rings is 1. The van der Waals surface area contributed by atoms with E-state index in [9.17, 15) is 9.59 Å². The van der Waals surface area contributed by atoms with Crippen molar-refractivity contribution in [3.05, 3.63) is 30.1 Å². The van der Waals surface area contributed by atoms with Gasteiger partial charge in [0.05, 0.1) is 17.4 Å². The van der Waals surface area contributed by atoms with E-state index in [4.69, 9.17) is 0 Å². The van der Waals surface area contributed by atoms with E-state index in [-0.39, 0.29) is 11.8 Å². The number of hydrogen-bond acceptors (Lipinski definition) is 3. The summed E-state index contributed by atoms with van der Waals surface area (Å²) in [5.41, 5.74) is 2.22. The third kappa shape index (κ3) is 4.30. The maximum atomic E-state index is 12.0. The van der Waals surface area contributed by atoms with E-state index in [1.807, 2.05) is 13.8 Å². The molecule has 0 bridgehead atoms. The number of fused-ring (bicyclic) bond motifs is 1. The first-order valence-electron chi connectivity index (χ1n) is 7.04. The van der Waals surface area contributed by atoms with E-state index in [0.717, 1.165) is 11.0 Å². The molecule has 1 aromatic heterocycles. The number of hydrogen-bond donors (Lipinski definition) is 3. The molecule has 0 spiro atoms. The van der Waals surface area contributed by atoms with Crippen LogP contribution in [0.5, 0.6) is 0 Å². The molecule has 2 aromatic rings. The molecule has 0 fully saturated rings. The molecular weight excluding hydrogens is 268 g/mol. The third-order valence-electron chi connectivity index (χ3n) is 3.01. The topological polar surface area (TPSA) is 86.9 Å². The lowest BCUT2D eigenvalue weighted by Crippen LogP contribution is -2.35. The highest BCUT2D eigenvalue weighted by atomic mass is 16.2. The lowest BCUT2D eigenvalue weighted by atomic mass is 10.1. The molecule has 2 rings (SSSR count). The van der Waals surface area contributed by atoms with Gasteiger partial charge >= 0.3 is 0 Å². The second-order valence-electron chi connectivity index (χ2n) is 5.34. The number of H-pyrrole nitrogens is 1. The monoisotopic (exact) mass is 288 g/mol. The van der Waals surface area contributed by atoms with Crippen molar-refractivity contribution in [1.29, 1.82) is 0 Å². The lowest BCUT2D eigenvalue weighted by Gasteiger charge is -2.08. The van der Waals surface area contributed by atoms with Crippen LogP contribution in [0.15, 0.2) is 24.5 Å². The largest absolute Gasteiger partial charge is 0.354 e. The Kier molecular flexibility index (Phi) is 4.92. The summed E-state index contributed by atoms with van der Waals surface area (Å²) in [5, 5.41) is 5.55. The predicted molar refractivity (Wildman–Crippen MR) is 80.9 cm³/mol. The number of carbonyl (C=O) groups is 2. The molecule has 6 nitrogen and oxygen atoms in total. The van der Waals surface area contributed by atoms with Crippen LogP contribution in [-0.2, 0) is 4.79 Å². The minimum absolute atomic E-state index is 0.0122. The zero-order chi connectivity index (χ0) is 15.2. The fourth-order valence-corrected chi connectivity index (χ4v) is 2.00. The van der Waals surface area contributed by atoms with Crippen LogP contribution in [-0.4, -0.2) is 34.9 Å². The Hall–Kier alpha value is -2.37. The molecule has 0 aliphatic rings. The number of rotatable bonds is 6. The predicted octanol–water partition coefficient (Wildman–Crippen LogP) is 1.45. The van der Waals surface area contributed by atoms with Crippen molar-refractivity contribution >= 4 is 22.8 Å². The Morgan fingerprint density at radius 3 is 2.76 bits per heavy atom. The van der Waals surface area contributed by atoms with E-state index < -0.39 is 0 Å². The van der Waals surface area contributed by atoms with Gasteiger partial charge in [-0.3, -0.25) is 9.59 Å². The minimum Gasteiger partial charge on any atom is -0.354 e. The van der Waals surface area contributed by atoms with Crippen LogP contribution in [0.4, 0.5) is 0 Å². The van der Waals surface area contributed by atoms with Gasteiger partial charge in [0.15, 0.2) is 0 Å². The first kappa shape index (κ1) is 15.0. The second kappa shape index (κ2) is 6.88. The quantitative estimate of drug-likeness (QED) is 0.703. The summed E-state index contributed by atoms with van der Waals surface area (Å²) >= 11 is 0. The first-order chi connectivity index (χ1) is 10.1. The fourth-order valence-electron chi connectivity index (χ4n) is 2.00. The SMILES string of the molecule is CC(C)CC(=O)NCCNC(=O)c1ccc2nc[nH]c2c1. The number of aromatic nitrogens is 2. The molecular formula is C15H20N4O2. The molecule has 0 radical (unpaired) electrons. The number of nitrogens with one attached hydrogen (secondary N) is 3. The van der Waals surface area contributed by atoms with Gasteiger partial charge in [0.1, 0.15) is 0 Å². The number of amides is 2. The van der Waals surface area contributed by atoms with E-state index in [1.165, 1.54) is 0 Å². The number of benzene rings is 1. The van der Waals surface area contributed by atoms with Crippen molar-refractivity contribution < 1.29 is 9.59 Å². The first-order valence-corrected chi connectivity index (χ1v) is 7.04. The Balaban J connectivity index is 1.78.